The summed E-state index contributed by atoms with van der Waals surface area (Å²) >= 11 is 0. The first-order valence-corrected chi connectivity index (χ1v) is 7.48. The van der Waals surface area contributed by atoms with Gasteiger partial charge >= 0.3 is 0 Å². The molecule has 0 bridgehead atoms. The largest absolute Gasteiger partial charge is 0.390 e. The Bertz CT molecular complexity index is 501. The third kappa shape index (κ3) is 5.68. The Balaban J connectivity index is 1.66. The van der Waals surface area contributed by atoms with E-state index in [1.807, 2.05) is 48.5 Å². The molecule has 0 spiro atoms. The Morgan fingerprint density at radius 3 is 2.10 bits per heavy atom. The van der Waals surface area contributed by atoms with Crippen LogP contribution in [0, 0.1) is 0 Å². The molecule has 0 heterocycles. The average Bonchev–Trinajstić information content (AvgIpc) is 2.53. The molecule has 3 heteroatoms. The minimum Gasteiger partial charge on any atom is -0.390 e. The molecule has 0 fully saturated rings. The van der Waals surface area contributed by atoms with E-state index in [1.54, 1.807) is 0 Å². The van der Waals surface area contributed by atoms with E-state index in [1.165, 1.54) is 5.56 Å². The SMILES string of the molecule is NC(Cc1ccccc1)C(O)CNCCc1ccccc1. The number of nitrogens with one attached hydrogen (secondary N) is 1. The van der Waals surface area contributed by atoms with Gasteiger partial charge in [-0.25, -0.2) is 0 Å². The van der Waals surface area contributed by atoms with Crippen molar-refractivity contribution in [1.29, 1.82) is 0 Å². The highest BCUT2D eigenvalue weighted by Gasteiger charge is 2.14. The second-order valence-electron chi connectivity index (χ2n) is 5.36. The molecule has 0 aliphatic rings. The fraction of sp³-hybridized carbons (Fsp3) is 0.333. The highest BCUT2D eigenvalue weighted by molar-refractivity contribution is 5.16. The van der Waals surface area contributed by atoms with Crippen LogP contribution in [-0.4, -0.2) is 30.3 Å². The molecule has 21 heavy (non-hydrogen) atoms. The van der Waals surface area contributed by atoms with E-state index in [-0.39, 0.29) is 6.04 Å². The molecule has 4 N–H and O–H groups in total. The molecule has 0 saturated carbocycles. The van der Waals surface area contributed by atoms with Gasteiger partial charge < -0.3 is 16.2 Å². The topological polar surface area (TPSA) is 58.3 Å². The third-order valence-corrected chi connectivity index (χ3v) is 3.60. The zero-order chi connectivity index (χ0) is 14.9. The lowest BCUT2D eigenvalue weighted by Crippen LogP contribution is -2.43. The molecule has 2 atom stereocenters. The Kier molecular flexibility index (Phi) is 6.41. The van der Waals surface area contributed by atoms with Gasteiger partial charge in [-0.2, -0.15) is 0 Å². The number of benzene rings is 2. The minimum absolute atomic E-state index is 0.239. The molecule has 3 nitrogen and oxygen atoms in total. The van der Waals surface area contributed by atoms with Crippen LogP contribution in [0.5, 0.6) is 0 Å². The van der Waals surface area contributed by atoms with Crippen molar-refractivity contribution in [3.05, 3.63) is 71.8 Å². The van der Waals surface area contributed by atoms with Crippen molar-refractivity contribution >= 4 is 0 Å². The Hall–Kier alpha value is -1.68. The lowest BCUT2D eigenvalue weighted by molar-refractivity contribution is 0.142. The van der Waals surface area contributed by atoms with Crippen LogP contribution in [0.2, 0.25) is 0 Å². The first-order valence-electron chi connectivity index (χ1n) is 7.48. The molecular weight excluding hydrogens is 260 g/mol. The van der Waals surface area contributed by atoms with E-state index in [0.717, 1.165) is 18.5 Å². The van der Waals surface area contributed by atoms with Gasteiger partial charge in [0.05, 0.1) is 6.10 Å². The van der Waals surface area contributed by atoms with E-state index in [0.29, 0.717) is 13.0 Å². The van der Waals surface area contributed by atoms with Gasteiger partial charge in [0.25, 0.3) is 0 Å². The van der Waals surface area contributed by atoms with E-state index < -0.39 is 6.10 Å². The van der Waals surface area contributed by atoms with Crippen LogP contribution in [0.4, 0.5) is 0 Å². The van der Waals surface area contributed by atoms with Crippen molar-refractivity contribution in [1.82, 2.24) is 5.32 Å². The van der Waals surface area contributed by atoms with Crippen molar-refractivity contribution in [3.63, 3.8) is 0 Å². The van der Waals surface area contributed by atoms with Gasteiger partial charge in [-0.3, -0.25) is 0 Å². The highest BCUT2D eigenvalue weighted by atomic mass is 16.3. The summed E-state index contributed by atoms with van der Waals surface area (Å²) in [5.74, 6) is 0. The van der Waals surface area contributed by atoms with Crippen LogP contribution in [-0.2, 0) is 12.8 Å². The fourth-order valence-electron chi connectivity index (χ4n) is 2.30. The predicted molar refractivity (Wildman–Crippen MR) is 87.1 cm³/mol. The molecule has 0 amide bonds. The second-order valence-corrected chi connectivity index (χ2v) is 5.36. The quantitative estimate of drug-likeness (QED) is 0.647. The van der Waals surface area contributed by atoms with E-state index in [2.05, 4.69) is 17.4 Å². The zero-order valence-electron chi connectivity index (χ0n) is 12.3. The van der Waals surface area contributed by atoms with Gasteiger partial charge in [-0.05, 0) is 30.5 Å². The molecule has 0 radical (unpaired) electrons. The van der Waals surface area contributed by atoms with Crippen LogP contribution < -0.4 is 11.1 Å². The Morgan fingerprint density at radius 2 is 1.48 bits per heavy atom. The normalized spacial score (nSPS) is 13.8. The minimum atomic E-state index is -0.527. The van der Waals surface area contributed by atoms with Crippen molar-refractivity contribution in [2.75, 3.05) is 13.1 Å². The molecule has 0 aliphatic heterocycles. The zero-order valence-corrected chi connectivity index (χ0v) is 12.3. The van der Waals surface area contributed by atoms with Gasteiger partial charge in [0.1, 0.15) is 0 Å². The monoisotopic (exact) mass is 284 g/mol. The summed E-state index contributed by atoms with van der Waals surface area (Å²) in [5, 5.41) is 13.4. The number of nitrogens with two attached hydrogens (primary N) is 1. The Labute approximate surface area is 126 Å². The van der Waals surface area contributed by atoms with Crippen LogP contribution >= 0.6 is 0 Å². The molecule has 112 valence electrons. The van der Waals surface area contributed by atoms with Crippen molar-refractivity contribution in [2.45, 2.75) is 25.0 Å². The summed E-state index contributed by atoms with van der Waals surface area (Å²) in [6, 6.07) is 20.1. The van der Waals surface area contributed by atoms with Crippen molar-refractivity contribution in [3.8, 4) is 0 Å². The van der Waals surface area contributed by atoms with Gasteiger partial charge in [-0.1, -0.05) is 60.7 Å². The maximum atomic E-state index is 10.1. The fourth-order valence-corrected chi connectivity index (χ4v) is 2.30. The highest BCUT2D eigenvalue weighted by Crippen LogP contribution is 2.04. The molecule has 0 aliphatic carbocycles. The van der Waals surface area contributed by atoms with E-state index in [9.17, 15) is 5.11 Å². The average molecular weight is 284 g/mol. The summed E-state index contributed by atoms with van der Waals surface area (Å²) in [6.07, 6.45) is 1.13. The number of rotatable bonds is 8. The lowest BCUT2D eigenvalue weighted by Gasteiger charge is -2.19. The summed E-state index contributed by atoms with van der Waals surface area (Å²) in [6.45, 7) is 1.37. The van der Waals surface area contributed by atoms with Crippen molar-refractivity contribution < 1.29 is 5.11 Å². The Morgan fingerprint density at radius 1 is 0.905 bits per heavy atom. The summed E-state index contributed by atoms with van der Waals surface area (Å²) < 4.78 is 0. The second kappa shape index (κ2) is 8.57. The van der Waals surface area contributed by atoms with Crippen molar-refractivity contribution in [2.24, 2.45) is 5.73 Å². The van der Waals surface area contributed by atoms with Crippen LogP contribution in [0.15, 0.2) is 60.7 Å². The standard InChI is InChI=1S/C18H24N2O/c19-17(13-16-9-5-2-6-10-16)18(21)14-20-12-11-15-7-3-1-4-8-15/h1-10,17-18,20-21H,11-14,19H2. The summed E-state index contributed by atoms with van der Waals surface area (Å²) in [4.78, 5) is 0. The van der Waals surface area contributed by atoms with E-state index in [4.69, 9.17) is 5.73 Å². The number of aliphatic hydroxyl groups is 1. The predicted octanol–water partition coefficient (Wildman–Crippen LogP) is 1.75. The molecule has 0 aromatic heterocycles. The summed E-state index contributed by atoms with van der Waals surface area (Å²) in [7, 11) is 0. The summed E-state index contributed by atoms with van der Waals surface area (Å²) in [5.41, 5.74) is 8.51. The molecule has 2 aromatic carbocycles. The van der Waals surface area contributed by atoms with Gasteiger partial charge in [-0.15, -0.1) is 0 Å². The number of hydrogen-bond acceptors (Lipinski definition) is 3. The lowest BCUT2D eigenvalue weighted by atomic mass is 10.0. The number of aliphatic hydroxyl groups excluding tert-OH is 1. The van der Waals surface area contributed by atoms with E-state index >= 15 is 0 Å². The third-order valence-electron chi connectivity index (χ3n) is 3.60. The first-order chi connectivity index (χ1) is 10.3. The maximum absolute atomic E-state index is 10.1. The smallest absolute Gasteiger partial charge is 0.0818 e. The van der Waals surface area contributed by atoms with Gasteiger partial charge in [0.15, 0.2) is 0 Å². The molecule has 2 aromatic rings. The molecule has 2 rings (SSSR count). The molecular formula is C18H24N2O. The maximum Gasteiger partial charge on any atom is 0.0818 e. The van der Waals surface area contributed by atoms with Gasteiger partial charge in [0, 0.05) is 12.6 Å². The first kappa shape index (κ1) is 15.7. The molecule has 0 saturated heterocycles. The van der Waals surface area contributed by atoms with Crippen LogP contribution in [0.1, 0.15) is 11.1 Å². The van der Waals surface area contributed by atoms with Crippen LogP contribution in [0.3, 0.4) is 0 Å². The van der Waals surface area contributed by atoms with Crippen LogP contribution in [0.25, 0.3) is 0 Å². The van der Waals surface area contributed by atoms with Gasteiger partial charge in [0.2, 0.25) is 0 Å². The number of hydrogen-bond donors (Lipinski definition) is 3. The molecule has 2 unspecified atom stereocenters.